The summed E-state index contributed by atoms with van der Waals surface area (Å²) in [5.41, 5.74) is 2.75. The minimum Gasteiger partial charge on any atom is -0.497 e. The van der Waals surface area contributed by atoms with Gasteiger partial charge in [-0.3, -0.25) is 9.59 Å². The Morgan fingerprint density at radius 3 is 1.85 bits per heavy atom. The summed E-state index contributed by atoms with van der Waals surface area (Å²) in [5, 5.41) is 0. The van der Waals surface area contributed by atoms with Crippen LogP contribution in [0.25, 0.3) is 0 Å². The highest BCUT2D eigenvalue weighted by atomic mass is 16.5. The van der Waals surface area contributed by atoms with Gasteiger partial charge in [0.15, 0.2) is 0 Å². The first-order chi connectivity index (χ1) is 16.6. The zero-order chi connectivity index (χ0) is 23.9. The fraction of sp³-hybridized carbons (Fsp3) is 0.286. The second kappa shape index (κ2) is 10.9. The van der Waals surface area contributed by atoms with E-state index >= 15 is 0 Å². The summed E-state index contributed by atoms with van der Waals surface area (Å²) in [6.07, 6.45) is 0.397. The number of ether oxygens (including phenoxy) is 2. The van der Waals surface area contributed by atoms with E-state index < -0.39 is 0 Å². The molecule has 1 saturated heterocycles. The number of hydrogen-bond donors (Lipinski definition) is 0. The summed E-state index contributed by atoms with van der Waals surface area (Å²) in [7, 11) is 3.12. The standard InChI is InChI=1S/C28H30N2O4/c1-33-23-13-14-24(26(19-23)34-2)28(32)30-17-15-29(16-18-30)27(31)20-25(21-9-5-3-6-10-21)22-11-7-4-8-12-22/h3-14,19,25H,15-18,20H2,1-2H3. The number of carbonyl (C=O) groups excluding carboxylic acids is 2. The first kappa shape index (κ1) is 23.4. The van der Waals surface area contributed by atoms with Gasteiger partial charge in [-0.2, -0.15) is 0 Å². The summed E-state index contributed by atoms with van der Waals surface area (Å²) in [6.45, 7) is 2.00. The van der Waals surface area contributed by atoms with Crippen molar-refractivity contribution in [3.8, 4) is 11.5 Å². The summed E-state index contributed by atoms with van der Waals surface area (Å²) in [5.74, 6) is 1.12. The van der Waals surface area contributed by atoms with Gasteiger partial charge in [0.05, 0.1) is 19.8 Å². The van der Waals surface area contributed by atoms with Crippen LogP contribution in [0.15, 0.2) is 78.9 Å². The molecule has 0 atom stereocenters. The van der Waals surface area contributed by atoms with Gasteiger partial charge < -0.3 is 19.3 Å². The van der Waals surface area contributed by atoms with Gasteiger partial charge in [0, 0.05) is 44.6 Å². The molecule has 6 heteroatoms. The Balaban J connectivity index is 1.42. The van der Waals surface area contributed by atoms with E-state index in [1.54, 1.807) is 30.2 Å². The lowest BCUT2D eigenvalue weighted by molar-refractivity contribution is -0.132. The average molecular weight is 459 g/mol. The Morgan fingerprint density at radius 2 is 1.32 bits per heavy atom. The van der Waals surface area contributed by atoms with E-state index in [4.69, 9.17) is 9.47 Å². The number of piperazine rings is 1. The normalized spacial score (nSPS) is 13.6. The lowest BCUT2D eigenvalue weighted by Crippen LogP contribution is -2.50. The van der Waals surface area contributed by atoms with E-state index in [9.17, 15) is 9.59 Å². The van der Waals surface area contributed by atoms with Crippen LogP contribution < -0.4 is 9.47 Å². The Bertz CT molecular complexity index is 1070. The van der Waals surface area contributed by atoms with Crippen molar-refractivity contribution < 1.29 is 19.1 Å². The molecule has 4 rings (SSSR count). The largest absolute Gasteiger partial charge is 0.497 e. The number of nitrogens with zero attached hydrogens (tertiary/aromatic N) is 2. The lowest BCUT2D eigenvalue weighted by Gasteiger charge is -2.35. The first-order valence-electron chi connectivity index (χ1n) is 11.5. The zero-order valence-corrected chi connectivity index (χ0v) is 19.6. The summed E-state index contributed by atoms with van der Waals surface area (Å²) < 4.78 is 10.6. The van der Waals surface area contributed by atoms with Crippen molar-refractivity contribution in [3.05, 3.63) is 95.6 Å². The van der Waals surface area contributed by atoms with Gasteiger partial charge in [0.25, 0.3) is 5.91 Å². The van der Waals surface area contributed by atoms with Crippen molar-refractivity contribution in [1.82, 2.24) is 9.80 Å². The maximum absolute atomic E-state index is 13.3. The highest BCUT2D eigenvalue weighted by Gasteiger charge is 2.28. The van der Waals surface area contributed by atoms with E-state index in [1.165, 1.54) is 7.11 Å². The van der Waals surface area contributed by atoms with Crippen molar-refractivity contribution in [1.29, 1.82) is 0 Å². The monoisotopic (exact) mass is 458 g/mol. The third-order valence-electron chi connectivity index (χ3n) is 6.34. The zero-order valence-electron chi connectivity index (χ0n) is 19.6. The minimum absolute atomic E-state index is 0.00174. The number of benzene rings is 3. The van der Waals surface area contributed by atoms with Gasteiger partial charge in [-0.1, -0.05) is 60.7 Å². The molecular formula is C28H30N2O4. The molecule has 2 amide bonds. The molecular weight excluding hydrogens is 428 g/mol. The Hall–Kier alpha value is -3.80. The van der Waals surface area contributed by atoms with Crippen LogP contribution in [0.2, 0.25) is 0 Å². The van der Waals surface area contributed by atoms with Crippen LogP contribution in [0.1, 0.15) is 33.8 Å². The highest BCUT2D eigenvalue weighted by molar-refractivity contribution is 5.97. The van der Waals surface area contributed by atoms with Crippen molar-refractivity contribution in [3.63, 3.8) is 0 Å². The molecule has 0 aliphatic carbocycles. The minimum atomic E-state index is -0.0990. The molecule has 0 unspecified atom stereocenters. The smallest absolute Gasteiger partial charge is 0.257 e. The van der Waals surface area contributed by atoms with Crippen molar-refractivity contribution in [2.45, 2.75) is 12.3 Å². The van der Waals surface area contributed by atoms with Gasteiger partial charge in [-0.05, 0) is 23.3 Å². The molecule has 1 heterocycles. The summed E-state index contributed by atoms with van der Waals surface area (Å²) in [4.78, 5) is 30.0. The van der Waals surface area contributed by atoms with Gasteiger partial charge in [0.1, 0.15) is 11.5 Å². The fourth-order valence-electron chi connectivity index (χ4n) is 4.41. The molecule has 176 valence electrons. The maximum atomic E-state index is 13.3. The molecule has 1 aliphatic heterocycles. The molecule has 1 aliphatic rings. The van der Waals surface area contributed by atoms with Crippen LogP contribution in [-0.2, 0) is 4.79 Å². The second-order valence-corrected chi connectivity index (χ2v) is 8.32. The molecule has 6 nitrogen and oxygen atoms in total. The third kappa shape index (κ3) is 5.22. The van der Waals surface area contributed by atoms with E-state index in [2.05, 4.69) is 24.3 Å². The quantitative estimate of drug-likeness (QED) is 0.532. The summed E-state index contributed by atoms with van der Waals surface area (Å²) in [6, 6.07) is 25.5. The van der Waals surface area contributed by atoms with Gasteiger partial charge >= 0.3 is 0 Å². The topological polar surface area (TPSA) is 59.1 Å². The molecule has 0 spiro atoms. The lowest BCUT2D eigenvalue weighted by atomic mass is 9.88. The third-order valence-corrected chi connectivity index (χ3v) is 6.34. The van der Waals surface area contributed by atoms with Crippen molar-refractivity contribution >= 4 is 11.8 Å². The number of rotatable bonds is 7. The molecule has 3 aromatic carbocycles. The highest BCUT2D eigenvalue weighted by Crippen LogP contribution is 2.29. The van der Waals surface area contributed by atoms with Crippen LogP contribution in [0.5, 0.6) is 11.5 Å². The van der Waals surface area contributed by atoms with Crippen LogP contribution in [0.3, 0.4) is 0 Å². The second-order valence-electron chi connectivity index (χ2n) is 8.32. The Labute approximate surface area is 200 Å². The number of amides is 2. The molecule has 0 saturated carbocycles. The first-order valence-corrected chi connectivity index (χ1v) is 11.5. The molecule has 0 radical (unpaired) electrons. The van der Waals surface area contributed by atoms with Gasteiger partial charge in [-0.15, -0.1) is 0 Å². The van der Waals surface area contributed by atoms with Gasteiger partial charge in [0.2, 0.25) is 5.91 Å². The van der Waals surface area contributed by atoms with E-state index in [1.807, 2.05) is 41.3 Å². The SMILES string of the molecule is COc1ccc(C(=O)N2CCN(C(=O)CC(c3ccccc3)c3ccccc3)CC2)c(OC)c1. The molecule has 0 aromatic heterocycles. The van der Waals surface area contributed by atoms with Crippen LogP contribution >= 0.6 is 0 Å². The van der Waals surface area contributed by atoms with Crippen molar-refractivity contribution in [2.75, 3.05) is 40.4 Å². The van der Waals surface area contributed by atoms with Crippen LogP contribution in [-0.4, -0.2) is 62.0 Å². The number of methoxy groups -OCH3 is 2. The fourth-order valence-corrected chi connectivity index (χ4v) is 4.41. The van der Waals surface area contributed by atoms with Crippen LogP contribution in [0, 0.1) is 0 Å². The number of hydrogen-bond acceptors (Lipinski definition) is 4. The Morgan fingerprint density at radius 1 is 0.765 bits per heavy atom. The predicted molar refractivity (Wildman–Crippen MR) is 131 cm³/mol. The summed E-state index contributed by atoms with van der Waals surface area (Å²) >= 11 is 0. The predicted octanol–water partition coefficient (Wildman–Crippen LogP) is 4.21. The van der Waals surface area contributed by atoms with Crippen LogP contribution in [0.4, 0.5) is 0 Å². The molecule has 34 heavy (non-hydrogen) atoms. The molecule has 3 aromatic rings. The van der Waals surface area contributed by atoms with Crippen molar-refractivity contribution in [2.24, 2.45) is 0 Å². The average Bonchev–Trinajstić information content (AvgIpc) is 2.91. The van der Waals surface area contributed by atoms with E-state index in [-0.39, 0.29) is 17.7 Å². The molecule has 0 bridgehead atoms. The molecule has 0 N–H and O–H groups in total. The number of carbonyl (C=O) groups is 2. The van der Waals surface area contributed by atoms with E-state index in [0.717, 1.165) is 11.1 Å². The maximum Gasteiger partial charge on any atom is 0.257 e. The molecule has 1 fully saturated rings. The van der Waals surface area contributed by atoms with Gasteiger partial charge in [-0.25, -0.2) is 0 Å². The Kier molecular flexibility index (Phi) is 7.48. The van der Waals surface area contributed by atoms with E-state index in [0.29, 0.717) is 49.7 Å².